The predicted molar refractivity (Wildman–Crippen MR) is 154 cm³/mol. The normalized spacial score (nSPS) is 18.3. The van der Waals surface area contributed by atoms with E-state index in [0.717, 1.165) is 61.3 Å². The number of nitrogens with zero attached hydrogens (tertiary/aromatic N) is 4. The number of hydrogen-bond donors (Lipinski definition) is 1. The number of aromatic nitrogens is 2. The Bertz CT molecular complexity index is 1460. The number of amides is 1. The quantitative estimate of drug-likeness (QED) is 0.313. The van der Waals surface area contributed by atoms with Crippen LogP contribution in [-0.2, 0) is 17.7 Å². The molecule has 1 N–H and O–H groups in total. The third-order valence-corrected chi connectivity index (χ3v) is 8.60. The lowest BCUT2D eigenvalue weighted by atomic mass is 9.92. The third-order valence-electron chi connectivity index (χ3n) is 7.50. The molecule has 1 atom stereocenters. The molecule has 2 aromatic carbocycles. The number of fused-ring (bicyclic) bond motifs is 3. The first kappa shape index (κ1) is 26.1. The van der Waals surface area contributed by atoms with E-state index in [9.17, 15) is 4.79 Å². The van der Waals surface area contributed by atoms with Crippen molar-refractivity contribution in [3.63, 3.8) is 0 Å². The van der Waals surface area contributed by atoms with E-state index < -0.39 is 0 Å². The molecule has 2 aliphatic rings. The average Bonchev–Trinajstić information content (AvgIpc) is 3.53. The summed E-state index contributed by atoms with van der Waals surface area (Å²) in [5, 5.41) is 2.43. The summed E-state index contributed by atoms with van der Waals surface area (Å²) in [6.45, 7) is 7.94. The van der Waals surface area contributed by atoms with Crippen LogP contribution in [0.25, 0.3) is 10.9 Å². The molecule has 1 saturated heterocycles. The number of benzene rings is 2. The van der Waals surface area contributed by atoms with Gasteiger partial charge in [0, 0.05) is 72.0 Å². The number of halogens is 1. The Labute approximate surface area is 237 Å². The highest BCUT2D eigenvalue weighted by Gasteiger charge is 2.35. The van der Waals surface area contributed by atoms with E-state index >= 15 is 0 Å². The molecular weight excluding hydrogens is 534 g/mol. The molecule has 0 bridgehead atoms. The van der Waals surface area contributed by atoms with Gasteiger partial charge in [0.1, 0.15) is 11.8 Å². The summed E-state index contributed by atoms with van der Waals surface area (Å²) in [7, 11) is 2.17. The van der Waals surface area contributed by atoms with Crippen molar-refractivity contribution in [2.45, 2.75) is 25.9 Å². The van der Waals surface area contributed by atoms with Gasteiger partial charge in [0.15, 0.2) is 0 Å². The van der Waals surface area contributed by atoms with Gasteiger partial charge < -0.3 is 19.4 Å². The predicted octanol–water partition coefficient (Wildman–Crippen LogP) is 5.92. The highest BCUT2D eigenvalue weighted by Crippen LogP contribution is 2.40. The number of H-pyrrole nitrogens is 1. The molecule has 1 fully saturated rings. The maximum Gasteiger partial charge on any atom is 0.410 e. The molecule has 1 amide bonds. The minimum Gasteiger partial charge on any atom is -0.450 e. The largest absolute Gasteiger partial charge is 0.450 e. The molecule has 0 unspecified atom stereocenters. The smallest absolute Gasteiger partial charge is 0.410 e. The van der Waals surface area contributed by atoms with Crippen molar-refractivity contribution in [2.24, 2.45) is 0 Å². The van der Waals surface area contributed by atoms with Crippen LogP contribution in [0.15, 0.2) is 48.7 Å². The van der Waals surface area contributed by atoms with Crippen molar-refractivity contribution in [1.29, 1.82) is 0 Å². The molecule has 8 nitrogen and oxygen atoms in total. The summed E-state index contributed by atoms with van der Waals surface area (Å²) in [6, 6.07) is 13.5. The minimum absolute atomic E-state index is 0.303. The molecule has 6 rings (SSSR count). The maximum absolute atomic E-state index is 13.0. The lowest BCUT2D eigenvalue weighted by molar-refractivity contribution is 0.0932. The fourth-order valence-corrected chi connectivity index (χ4v) is 6.46. The van der Waals surface area contributed by atoms with Crippen LogP contribution in [0.4, 0.5) is 4.79 Å². The highest BCUT2D eigenvalue weighted by molar-refractivity contribution is 7.13. The molecule has 0 spiro atoms. The number of piperazine rings is 1. The summed E-state index contributed by atoms with van der Waals surface area (Å²) < 4.78 is 11.5. The number of thiazole rings is 1. The Morgan fingerprint density at radius 2 is 1.92 bits per heavy atom. The topological polar surface area (TPSA) is 73.9 Å². The van der Waals surface area contributed by atoms with Gasteiger partial charge in [-0.25, -0.2) is 9.78 Å². The van der Waals surface area contributed by atoms with E-state index in [2.05, 4.69) is 26.8 Å². The van der Waals surface area contributed by atoms with Crippen LogP contribution in [0, 0.1) is 0 Å². The van der Waals surface area contributed by atoms with E-state index in [0.29, 0.717) is 29.1 Å². The van der Waals surface area contributed by atoms with Gasteiger partial charge >= 0.3 is 6.09 Å². The molecule has 39 heavy (non-hydrogen) atoms. The van der Waals surface area contributed by atoms with Crippen LogP contribution in [-0.4, -0.2) is 77.1 Å². The first-order valence-corrected chi connectivity index (χ1v) is 14.5. The second-order valence-electron chi connectivity index (χ2n) is 10.1. The van der Waals surface area contributed by atoms with Crippen LogP contribution < -0.4 is 4.74 Å². The number of hydrogen-bond acceptors (Lipinski definition) is 7. The van der Waals surface area contributed by atoms with Crippen molar-refractivity contribution in [2.75, 3.05) is 46.4 Å². The summed E-state index contributed by atoms with van der Waals surface area (Å²) in [6.07, 6.45) is 2.32. The Morgan fingerprint density at radius 3 is 2.69 bits per heavy atom. The highest BCUT2D eigenvalue weighted by atomic mass is 35.5. The Kier molecular flexibility index (Phi) is 7.49. The standard InChI is InChI=1S/C29H32ClN5O3S/c1-3-37-29(36)35-11-10-23-24-16-20(30)6-9-25(24)32-26(23)27(35)19-4-7-21(8-5-19)38-28-31-17-22(39-28)18-34-14-12-33(2)13-15-34/h4-9,16-17,27,32H,3,10-15,18H2,1-2H3/t27-/m0/s1. The molecule has 10 heteroatoms. The van der Waals surface area contributed by atoms with Gasteiger partial charge in [-0.05, 0) is 61.9 Å². The second-order valence-corrected chi connectivity index (χ2v) is 11.6. The van der Waals surface area contributed by atoms with E-state index in [1.807, 2.05) is 55.6 Å². The van der Waals surface area contributed by atoms with Crippen molar-refractivity contribution >= 4 is 39.9 Å². The summed E-state index contributed by atoms with van der Waals surface area (Å²) >= 11 is 7.90. The molecule has 4 aromatic rings. The van der Waals surface area contributed by atoms with Gasteiger partial charge in [0.2, 0.25) is 0 Å². The van der Waals surface area contributed by atoms with Gasteiger partial charge in [-0.1, -0.05) is 35.1 Å². The lowest BCUT2D eigenvalue weighted by Gasteiger charge is -2.35. The van der Waals surface area contributed by atoms with Gasteiger partial charge in [-0.2, -0.15) is 0 Å². The first-order chi connectivity index (χ1) is 19.0. The first-order valence-electron chi connectivity index (χ1n) is 13.4. The molecular formula is C29H32ClN5O3S. The number of nitrogens with one attached hydrogen (secondary N) is 1. The zero-order valence-electron chi connectivity index (χ0n) is 22.2. The van der Waals surface area contributed by atoms with Crippen LogP contribution in [0.3, 0.4) is 0 Å². The number of rotatable bonds is 6. The third kappa shape index (κ3) is 5.49. The van der Waals surface area contributed by atoms with Gasteiger partial charge in [-0.15, -0.1) is 0 Å². The van der Waals surface area contributed by atoms with Gasteiger partial charge in [-0.3, -0.25) is 9.80 Å². The number of likely N-dealkylation sites (N-methyl/N-ethyl adjacent to an activating group) is 1. The minimum atomic E-state index is -0.319. The van der Waals surface area contributed by atoms with Crippen LogP contribution >= 0.6 is 22.9 Å². The zero-order valence-corrected chi connectivity index (χ0v) is 23.7. The monoisotopic (exact) mass is 565 g/mol. The number of carbonyl (C=O) groups excluding carboxylic acids is 1. The van der Waals surface area contributed by atoms with Crippen molar-refractivity contribution < 1.29 is 14.3 Å². The fraction of sp³-hybridized carbons (Fsp3) is 0.379. The molecule has 4 heterocycles. The van der Waals surface area contributed by atoms with Gasteiger partial charge in [0.05, 0.1) is 6.61 Å². The Hall–Kier alpha value is -3.11. The molecule has 0 saturated carbocycles. The van der Waals surface area contributed by atoms with Crippen LogP contribution in [0.5, 0.6) is 10.9 Å². The number of ether oxygens (including phenoxy) is 2. The molecule has 0 radical (unpaired) electrons. The van der Waals surface area contributed by atoms with Crippen LogP contribution in [0.1, 0.15) is 34.7 Å². The maximum atomic E-state index is 13.0. The molecule has 204 valence electrons. The zero-order chi connectivity index (χ0) is 26.9. The summed E-state index contributed by atoms with van der Waals surface area (Å²) in [5.41, 5.74) is 4.17. The summed E-state index contributed by atoms with van der Waals surface area (Å²) in [4.78, 5) is 28.8. The van der Waals surface area contributed by atoms with E-state index in [1.165, 1.54) is 10.4 Å². The van der Waals surface area contributed by atoms with Crippen molar-refractivity contribution in [1.82, 2.24) is 24.7 Å². The second kappa shape index (κ2) is 11.2. The fourth-order valence-electron chi connectivity index (χ4n) is 5.47. The molecule has 2 aliphatic heterocycles. The Morgan fingerprint density at radius 1 is 1.13 bits per heavy atom. The van der Waals surface area contributed by atoms with E-state index in [-0.39, 0.29) is 12.1 Å². The average molecular weight is 566 g/mol. The van der Waals surface area contributed by atoms with Crippen molar-refractivity contribution in [3.05, 3.63) is 75.4 Å². The number of aromatic amines is 1. The van der Waals surface area contributed by atoms with Gasteiger partial charge in [0.25, 0.3) is 5.19 Å². The molecule has 2 aromatic heterocycles. The van der Waals surface area contributed by atoms with Crippen molar-refractivity contribution in [3.8, 4) is 10.9 Å². The van der Waals surface area contributed by atoms with E-state index in [1.54, 1.807) is 16.2 Å². The van der Waals surface area contributed by atoms with Crippen LogP contribution in [0.2, 0.25) is 5.02 Å². The SMILES string of the molecule is CCOC(=O)N1CCc2c([nH]c3ccc(Cl)cc23)[C@@H]1c1ccc(Oc2ncc(CN3CCN(C)CC3)s2)cc1. The molecule has 0 aliphatic carbocycles. The number of carbonyl (C=O) groups is 1. The Balaban J connectivity index is 1.22. The van der Waals surface area contributed by atoms with E-state index in [4.69, 9.17) is 21.1 Å². The lowest BCUT2D eigenvalue weighted by Crippen LogP contribution is -2.43. The summed E-state index contributed by atoms with van der Waals surface area (Å²) in [5.74, 6) is 0.710.